The van der Waals surface area contributed by atoms with E-state index in [0.29, 0.717) is 31.1 Å². The van der Waals surface area contributed by atoms with Gasteiger partial charge in [-0.15, -0.1) is 0 Å². The number of ketones is 1. The van der Waals surface area contributed by atoms with Crippen molar-refractivity contribution in [3.63, 3.8) is 0 Å². The molecule has 1 aromatic heterocycles. The number of benzene rings is 1. The van der Waals surface area contributed by atoms with Crippen LogP contribution >= 0.6 is 0 Å². The lowest BCUT2D eigenvalue weighted by Gasteiger charge is -2.33. The Balaban J connectivity index is 1.53. The molecule has 2 heterocycles. The monoisotopic (exact) mass is 386 g/mol. The molecule has 7 nitrogen and oxygen atoms in total. The Morgan fingerprint density at radius 1 is 1.14 bits per heavy atom. The number of carbonyl (C=O) groups is 2. The SMILES string of the molecule is CC(=O)c1ccc(OCC(=O)NC[C@H](c2ccc(C)o2)N2CCOCC2)cc1. The molecule has 2 aromatic rings. The second-order valence-electron chi connectivity index (χ2n) is 6.79. The van der Waals surface area contributed by atoms with Crippen molar-refractivity contribution in [1.82, 2.24) is 10.2 Å². The van der Waals surface area contributed by atoms with E-state index in [0.717, 1.165) is 24.6 Å². The maximum Gasteiger partial charge on any atom is 0.258 e. The Morgan fingerprint density at radius 2 is 1.86 bits per heavy atom. The van der Waals surface area contributed by atoms with Crippen molar-refractivity contribution in [3.05, 3.63) is 53.5 Å². The molecule has 1 fully saturated rings. The summed E-state index contributed by atoms with van der Waals surface area (Å²) in [5.74, 6) is 2.01. The van der Waals surface area contributed by atoms with E-state index in [9.17, 15) is 9.59 Å². The van der Waals surface area contributed by atoms with E-state index in [2.05, 4.69) is 10.2 Å². The van der Waals surface area contributed by atoms with E-state index in [1.807, 2.05) is 19.1 Å². The third kappa shape index (κ3) is 5.43. The first-order chi connectivity index (χ1) is 13.5. The summed E-state index contributed by atoms with van der Waals surface area (Å²) in [4.78, 5) is 25.8. The number of morpholine rings is 1. The van der Waals surface area contributed by atoms with Gasteiger partial charge in [-0.25, -0.2) is 0 Å². The van der Waals surface area contributed by atoms with Gasteiger partial charge in [0.1, 0.15) is 17.3 Å². The molecule has 0 bridgehead atoms. The van der Waals surface area contributed by atoms with Crippen LogP contribution < -0.4 is 10.1 Å². The smallest absolute Gasteiger partial charge is 0.258 e. The largest absolute Gasteiger partial charge is 0.484 e. The maximum absolute atomic E-state index is 12.3. The molecule has 0 saturated carbocycles. The highest BCUT2D eigenvalue weighted by Crippen LogP contribution is 2.23. The van der Waals surface area contributed by atoms with Gasteiger partial charge >= 0.3 is 0 Å². The highest BCUT2D eigenvalue weighted by molar-refractivity contribution is 5.94. The maximum atomic E-state index is 12.3. The number of Topliss-reactive ketones (excluding diaryl/α,β-unsaturated/α-hetero) is 1. The Labute approximate surface area is 164 Å². The Hall–Kier alpha value is -2.64. The highest BCUT2D eigenvalue weighted by Gasteiger charge is 2.25. The highest BCUT2D eigenvalue weighted by atomic mass is 16.5. The molecule has 0 radical (unpaired) electrons. The molecule has 1 aliphatic rings. The zero-order valence-corrected chi connectivity index (χ0v) is 16.3. The van der Waals surface area contributed by atoms with Crippen LogP contribution in [0.4, 0.5) is 0 Å². The zero-order chi connectivity index (χ0) is 19.9. The first kappa shape index (κ1) is 20.1. The summed E-state index contributed by atoms with van der Waals surface area (Å²) in [7, 11) is 0. The van der Waals surface area contributed by atoms with Crippen LogP contribution in [0, 0.1) is 6.92 Å². The van der Waals surface area contributed by atoms with Crippen molar-refractivity contribution < 1.29 is 23.5 Å². The van der Waals surface area contributed by atoms with E-state index >= 15 is 0 Å². The summed E-state index contributed by atoms with van der Waals surface area (Å²) >= 11 is 0. The van der Waals surface area contributed by atoms with Crippen molar-refractivity contribution in [2.75, 3.05) is 39.5 Å². The van der Waals surface area contributed by atoms with Crippen LogP contribution in [0.3, 0.4) is 0 Å². The molecular formula is C21H26N2O5. The molecule has 0 unspecified atom stereocenters. The molecular weight excluding hydrogens is 360 g/mol. The van der Waals surface area contributed by atoms with Gasteiger partial charge < -0.3 is 19.2 Å². The molecule has 150 valence electrons. The van der Waals surface area contributed by atoms with Crippen LogP contribution in [0.5, 0.6) is 5.75 Å². The number of hydrogen-bond donors (Lipinski definition) is 1. The number of furan rings is 1. The van der Waals surface area contributed by atoms with Crippen LogP contribution in [0.25, 0.3) is 0 Å². The van der Waals surface area contributed by atoms with Gasteiger partial charge in [0.05, 0.1) is 19.3 Å². The normalized spacial score (nSPS) is 15.8. The summed E-state index contributed by atoms with van der Waals surface area (Å²) in [6, 6.07) is 10.6. The molecule has 1 amide bonds. The average molecular weight is 386 g/mol. The minimum Gasteiger partial charge on any atom is -0.484 e. The van der Waals surface area contributed by atoms with Crippen LogP contribution in [0.2, 0.25) is 0 Å². The lowest BCUT2D eigenvalue weighted by Crippen LogP contribution is -2.44. The number of ether oxygens (including phenoxy) is 2. The molecule has 7 heteroatoms. The van der Waals surface area contributed by atoms with Crippen molar-refractivity contribution >= 4 is 11.7 Å². The van der Waals surface area contributed by atoms with Gasteiger partial charge in [0, 0.05) is 25.2 Å². The molecule has 1 atom stereocenters. The standard InChI is InChI=1S/C21H26N2O5/c1-15-3-8-20(28-15)19(23-9-11-26-12-10-23)13-22-21(25)14-27-18-6-4-17(5-7-18)16(2)24/h3-8,19H,9-14H2,1-2H3,(H,22,25)/t19-/m1/s1. The fourth-order valence-electron chi connectivity index (χ4n) is 3.13. The molecule has 1 N–H and O–H groups in total. The fraction of sp³-hybridized carbons (Fsp3) is 0.429. The van der Waals surface area contributed by atoms with Crippen LogP contribution in [-0.4, -0.2) is 56.0 Å². The number of carbonyl (C=O) groups excluding carboxylic acids is 2. The molecule has 3 rings (SSSR count). The summed E-state index contributed by atoms with van der Waals surface area (Å²) < 4.78 is 16.7. The van der Waals surface area contributed by atoms with Gasteiger partial charge in [-0.1, -0.05) is 0 Å². The number of aryl methyl sites for hydroxylation is 1. The lowest BCUT2D eigenvalue weighted by molar-refractivity contribution is -0.123. The summed E-state index contributed by atoms with van der Waals surface area (Å²) in [5, 5.41) is 2.93. The summed E-state index contributed by atoms with van der Waals surface area (Å²) in [5.41, 5.74) is 0.610. The van der Waals surface area contributed by atoms with E-state index in [-0.39, 0.29) is 24.3 Å². The lowest BCUT2D eigenvalue weighted by atomic mass is 10.1. The molecule has 1 aromatic carbocycles. The van der Waals surface area contributed by atoms with Crippen LogP contribution in [0.1, 0.15) is 34.8 Å². The number of nitrogens with one attached hydrogen (secondary N) is 1. The van der Waals surface area contributed by atoms with Gasteiger partial charge in [-0.3, -0.25) is 14.5 Å². The minimum absolute atomic E-state index is 0.00777. The molecule has 0 spiro atoms. The Kier molecular flexibility index (Phi) is 6.84. The first-order valence-corrected chi connectivity index (χ1v) is 9.41. The zero-order valence-electron chi connectivity index (χ0n) is 16.3. The van der Waals surface area contributed by atoms with Crippen molar-refractivity contribution in [2.24, 2.45) is 0 Å². The average Bonchev–Trinajstić information content (AvgIpc) is 3.13. The van der Waals surface area contributed by atoms with E-state index in [1.54, 1.807) is 24.3 Å². The summed E-state index contributed by atoms with van der Waals surface area (Å²) in [6.07, 6.45) is 0. The van der Waals surface area contributed by atoms with Gasteiger partial charge in [0.2, 0.25) is 0 Å². The topological polar surface area (TPSA) is 81.0 Å². The van der Waals surface area contributed by atoms with Crippen molar-refractivity contribution in [2.45, 2.75) is 19.9 Å². The number of amides is 1. The van der Waals surface area contributed by atoms with Crippen LogP contribution in [-0.2, 0) is 9.53 Å². The van der Waals surface area contributed by atoms with E-state index < -0.39 is 0 Å². The predicted molar refractivity (Wildman–Crippen MR) is 104 cm³/mol. The quantitative estimate of drug-likeness (QED) is 0.702. The van der Waals surface area contributed by atoms with E-state index in [4.69, 9.17) is 13.9 Å². The molecule has 1 saturated heterocycles. The first-order valence-electron chi connectivity index (χ1n) is 9.41. The molecule has 0 aliphatic carbocycles. The third-order valence-electron chi connectivity index (χ3n) is 4.70. The molecule has 1 aliphatic heterocycles. The van der Waals surface area contributed by atoms with Gasteiger partial charge in [-0.05, 0) is 50.2 Å². The Morgan fingerprint density at radius 3 is 2.46 bits per heavy atom. The van der Waals surface area contributed by atoms with Gasteiger partial charge in [0.15, 0.2) is 12.4 Å². The van der Waals surface area contributed by atoms with Crippen molar-refractivity contribution in [3.8, 4) is 5.75 Å². The van der Waals surface area contributed by atoms with Crippen molar-refractivity contribution in [1.29, 1.82) is 0 Å². The second-order valence-corrected chi connectivity index (χ2v) is 6.79. The minimum atomic E-state index is -0.211. The fourth-order valence-corrected chi connectivity index (χ4v) is 3.13. The van der Waals surface area contributed by atoms with Gasteiger partial charge in [-0.2, -0.15) is 0 Å². The number of hydrogen-bond acceptors (Lipinski definition) is 6. The predicted octanol–water partition coefficient (Wildman–Crippen LogP) is 2.36. The molecule has 28 heavy (non-hydrogen) atoms. The number of rotatable bonds is 8. The van der Waals surface area contributed by atoms with Crippen LogP contribution in [0.15, 0.2) is 40.8 Å². The van der Waals surface area contributed by atoms with E-state index in [1.165, 1.54) is 6.92 Å². The third-order valence-corrected chi connectivity index (χ3v) is 4.70. The van der Waals surface area contributed by atoms with Gasteiger partial charge in [0.25, 0.3) is 5.91 Å². The Bertz CT molecular complexity index is 793. The number of nitrogens with zero attached hydrogens (tertiary/aromatic N) is 1. The summed E-state index contributed by atoms with van der Waals surface area (Å²) in [6.45, 7) is 6.68. The second kappa shape index (κ2) is 9.52.